The number of H-pyrrole nitrogens is 1. The van der Waals surface area contributed by atoms with Gasteiger partial charge in [-0.2, -0.15) is 0 Å². The van der Waals surface area contributed by atoms with E-state index >= 15 is 0 Å². The lowest BCUT2D eigenvalue weighted by molar-refractivity contribution is 0.731. The zero-order chi connectivity index (χ0) is 9.14. The van der Waals surface area contributed by atoms with Gasteiger partial charge in [0.1, 0.15) is 0 Å². The van der Waals surface area contributed by atoms with Gasteiger partial charge in [0.05, 0.1) is 3.57 Å². The molecule has 1 aromatic heterocycles. The molecule has 5 heteroatoms. The summed E-state index contributed by atoms with van der Waals surface area (Å²) in [6.45, 7) is 3.90. The molecule has 4 nitrogen and oxygen atoms in total. The molecule has 1 heterocycles. The maximum atomic E-state index is 11.0. The minimum Gasteiger partial charge on any atom is -0.296 e. The smallest absolute Gasteiger partial charge is 0.296 e. The fourth-order valence-corrected chi connectivity index (χ4v) is 1.23. The van der Waals surface area contributed by atoms with Crippen molar-refractivity contribution in [2.24, 2.45) is 0 Å². The molecule has 0 aromatic carbocycles. The van der Waals surface area contributed by atoms with E-state index in [1.807, 2.05) is 22.6 Å². The Hall–Kier alpha value is -0.850. The summed E-state index contributed by atoms with van der Waals surface area (Å²) in [5, 5.41) is 0. The maximum absolute atomic E-state index is 11.0. The SMILES string of the molecule is C=CCn1cc(I)c(=O)[nH]c1=O. The molecule has 0 fully saturated rings. The van der Waals surface area contributed by atoms with Gasteiger partial charge in [-0.1, -0.05) is 6.08 Å². The Morgan fingerprint density at radius 3 is 2.92 bits per heavy atom. The summed E-state index contributed by atoms with van der Waals surface area (Å²) in [4.78, 5) is 24.1. The molecule has 0 amide bonds. The first-order chi connectivity index (χ1) is 5.65. The third-order valence-electron chi connectivity index (χ3n) is 1.29. The molecule has 12 heavy (non-hydrogen) atoms. The third kappa shape index (κ3) is 1.84. The molecule has 0 aliphatic carbocycles. The van der Waals surface area contributed by atoms with Gasteiger partial charge in [-0.3, -0.25) is 14.3 Å². The Bertz CT molecular complexity index is 405. The molecule has 0 saturated heterocycles. The van der Waals surface area contributed by atoms with Gasteiger partial charge in [0.15, 0.2) is 0 Å². The van der Waals surface area contributed by atoms with Gasteiger partial charge in [-0.05, 0) is 22.6 Å². The van der Waals surface area contributed by atoms with E-state index in [2.05, 4.69) is 11.6 Å². The summed E-state index contributed by atoms with van der Waals surface area (Å²) >= 11 is 1.87. The van der Waals surface area contributed by atoms with Gasteiger partial charge in [-0.15, -0.1) is 6.58 Å². The van der Waals surface area contributed by atoms with Crippen molar-refractivity contribution >= 4 is 22.6 Å². The number of halogens is 1. The number of aromatic nitrogens is 2. The summed E-state index contributed by atoms with van der Waals surface area (Å²) in [7, 11) is 0. The van der Waals surface area contributed by atoms with E-state index in [0.717, 1.165) is 0 Å². The lowest BCUT2D eigenvalue weighted by atomic mass is 10.5. The molecular formula is C7H7IN2O2. The molecule has 0 aliphatic heterocycles. The fourth-order valence-electron chi connectivity index (χ4n) is 0.757. The minimum atomic E-state index is -0.402. The van der Waals surface area contributed by atoms with Crippen molar-refractivity contribution in [1.29, 1.82) is 0 Å². The van der Waals surface area contributed by atoms with Gasteiger partial charge < -0.3 is 0 Å². The van der Waals surface area contributed by atoms with Crippen LogP contribution in [0.5, 0.6) is 0 Å². The molecule has 1 aromatic rings. The van der Waals surface area contributed by atoms with Crippen molar-refractivity contribution in [2.75, 3.05) is 0 Å². The van der Waals surface area contributed by atoms with Crippen LogP contribution in [0.3, 0.4) is 0 Å². The van der Waals surface area contributed by atoms with Crippen LogP contribution in [0.1, 0.15) is 0 Å². The Kier molecular flexibility index (Phi) is 2.85. The number of nitrogens with zero attached hydrogens (tertiary/aromatic N) is 1. The van der Waals surface area contributed by atoms with E-state index in [0.29, 0.717) is 10.1 Å². The second-order valence-electron chi connectivity index (χ2n) is 2.18. The zero-order valence-electron chi connectivity index (χ0n) is 6.21. The normalized spacial score (nSPS) is 9.75. The van der Waals surface area contributed by atoms with E-state index < -0.39 is 5.69 Å². The number of aromatic amines is 1. The van der Waals surface area contributed by atoms with E-state index in [1.54, 1.807) is 6.08 Å². The van der Waals surface area contributed by atoms with Gasteiger partial charge in [0.25, 0.3) is 5.56 Å². The average molecular weight is 278 g/mol. The summed E-state index contributed by atoms with van der Waals surface area (Å²) in [6.07, 6.45) is 3.10. The first-order valence-electron chi connectivity index (χ1n) is 3.25. The van der Waals surface area contributed by atoms with Crippen LogP contribution in [-0.4, -0.2) is 9.55 Å². The van der Waals surface area contributed by atoms with Gasteiger partial charge in [-0.25, -0.2) is 4.79 Å². The molecule has 0 bridgehead atoms. The number of allylic oxidation sites excluding steroid dienone is 1. The van der Waals surface area contributed by atoms with Crippen molar-refractivity contribution < 1.29 is 0 Å². The van der Waals surface area contributed by atoms with Crippen molar-refractivity contribution in [2.45, 2.75) is 6.54 Å². The third-order valence-corrected chi connectivity index (χ3v) is 2.06. The predicted molar refractivity (Wildman–Crippen MR) is 54.2 cm³/mol. The van der Waals surface area contributed by atoms with Crippen LogP contribution < -0.4 is 11.2 Å². The molecule has 1 rings (SSSR count). The highest BCUT2D eigenvalue weighted by atomic mass is 127. The zero-order valence-corrected chi connectivity index (χ0v) is 8.37. The van der Waals surface area contributed by atoms with Crippen LogP contribution in [-0.2, 0) is 6.54 Å². The highest BCUT2D eigenvalue weighted by molar-refractivity contribution is 14.1. The van der Waals surface area contributed by atoms with Crippen molar-refractivity contribution in [3.05, 3.63) is 43.3 Å². The molecular weight excluding hydrogens is 271 g/mol. The Labute approximate surface area is 82.1 Å². The molecule has 0 atom stereocenters. The van der Waals surface area contributed by atoms with Gasteiger partial charge in [0, 0.05) is 12.7 Å². The van der Waals surface area contributed by atoms with Crippen LogP contribution in [0.25, 0.3) is 0 Å². The lowest BCUT2D eigenvalue weighted by Crippen LogP contribution is -2.30. The van der Waals surface area contributed by atoms with E-state index in [9.17, 15) is 9.59 Å². The molecule has 1 N–H and O–H groups in total. The van der Waals surface area contributed by atoms with E-state index in [-0.39, 0.29) is 5.56 Å². The minimum absolute atomic E-state index is 0.346. The topological polar surface area (TPSA) is 54.9 Å². The Morgan fingerprint density at radius 1 is 1.67 bits per heavy atom. The largest absolute Gasteiger partial charge is 0.328 e. The van der Waals surface area contributed by atoms with Crippen LogP contribution in [0.2, 0.25) is 0 Å². The number of nitrogens with one attached hydrogen (secondary N) is 1. The van der Waals surface area contributed by atoms with E-state index in [4.69, 9.17) is 0 Å². The van der Waals surface area contributed by atoms with E-state index in [1.165, 1.54) is 10.8 Å². The second-order valence-corrected chi connectivity index (χ2v) is 3.34. The first kappa shape index (κ1) is 9.24. The van der Waals surface area contributed by atoms with Gasteiger partial charge in [0.2, 0.25) is 0 Å². The van der Waals surface area contributed by atoms with Gasteiger partial charge >= 0.3 is 5.69 Å². The molecule has 64 valence electrons. The fraction of sp³-hybridized carbons (Fsp3) is 0.143. The monoisotopic (exact) mass is 278 g/mol. The number of hydrogen-bond acceptors (Lipinski definition) is 2. The van der Waals surface area contributed by atoms with Crippen LogP contribution >= 0.6 is 22.6 Å². The highest BCUT2D eigenvalue weighted by Crippen LogP contribution is 1.92. The van der Waals surface area contributed by atoms with Crippen molar-refractivity contribution in [3.63, 3.8) is 0 Å². The highest BCUT2D eigenvalue weighted by Gasteiger charge is 1.98. The summed E-state index contributed by atoms with van der Waals surface area (Å²) in [5.74, 6) is 0. The number of rotatable bonds is 2. The molecule has 0 radical (unpaired) electrons. The maximum Gasteiger partial charge on any atom is 0.328 e. The summed E-state index contributed by atoms with van der Waals surface area (Å²) in [6, 6.07) is 0. The Morgan fingerprint density at radius 2 is 2.33 bits per heavy atom. The second kappa shape index (κ2) is 3.70. The summed E-state index contributed by atoms with van der Waals surface area (Å²) < 4.78 is 1.88. The standard InChI is InChI=1S/C7H7IN2O2/c1-2-3-10-4-5(8)6(11)9-7(10)12/h2,4H,1,3H2,(H,9,11,12). The Balaban J connectivity index is 3.32. The molecule has 0 spiro atoms. The average Bonchev–Trinajstić information content (AvgIpc) is 2.01. The van der Waals surface area contributed by atoms with Crippen LogP contribution in [0, 0.1) is 3.57 Å². The van der Waals surface area contributed by atoms with Crippen molar-refractivity contribution in [1.82, 2.24) is 9.55 Å². The van der Waals surface area contributed by atoms with Crippen LogP contribution in [0.4, 0.5) is 0 Å². The first-order valence-corrected chi connectivity index (χ1v) is 4.33. The molecule has 0 unspecified atom stereocenters. The van der Waals surface area contributed by atoms with Crippen molar-refractivity contribution in [3.8, 4) is 0 Å². The van der Waals surface area contributed by atoms with Crippen LogP contribution in [0.15, 0.2) is 28.4 Å². The number of hydrogen-bond donors (Lipinski definition) is 1. The lowest BCUT2D eigenvalue weighted by Gasteiger charge is -1.99. The predicted octanol–water partition coefficient (Wildman–Crippen LogP) is 0.327. The molecule has 0 aliphatic rings. The summed E-state index contributed by atoms with van der Waals surface area (Å²) in [5.41, 5.74) is -0.749. The quantitative estimate of drug-likeness (QED) is 0.626. The molecule has 0 saturated carbocycles.